The van der Waals surface area contributed by atoms with Crippen molar-refractivity contribution < 1.29 is 9.13 Å². The van der Waals surface area contributed by atoms with Crippen LogP contribution in [-0.4, -0.2) is 7.11 Å². The molecule has 0 N–H and O–H groups in total. The first-order chi connectivity index (χ1) is 15.7. The fourth-order valence-electron chi connectivity index (χ4n) is 5.38. The summed E-state index contributed by atoms with van der Waals surface area (Å²) in [6, 6.07) is 18.0. The minimum Gasteiger partial charge on any atom is -0.497 e. The van der Waals surface area contributed by atoms with Crippen LogP contribution < -0.4 is 4.74 Å². The zero-order valence-electron chi connectivity index (χ0n) is 19.7. The van der Waals surface area contributed by atoms with E-state index in [1.807, 2.05) is 36.4 Å². The fourth-order valence-corrected chi connectivity index (χ4v) is 5.38. The molecule has 0 atom stereocenters. The lowest BCUT2D eigenvalue weighted by Gasteiger charge is -2.29. The molecule has 1 fully saturated rings. The van der Waals surface area contributed by atoms with Gasteiger partial charge in [-0.2, -0.15) is 0 Å². The van der Waals surface area contributed by atoms with Gasteiger partial charge in [0.05, 0.1) is 7.11 Å². The van der Waals surface area contributed by atoms with E-state index in [2.05, 4.69) is 25.1 Å². The summed E-state index contributed by atoms with van der Waals surface area (Å²) in [4.78, 5) is 0. The predicted octanol–water partition coefficient (Wildman–Crippen LogP) is 9.29. The summed E-state index contributed by atoms with van der Waals surface area (Å²) < 4.78 is 20.5. The molecule has 1 aliphatic rings. The second kappa shape index (κ2) is 11.0. The van der Waals surface area contributed by atoms with E-state index in [4.69, 9.17) is 4.74 Å². The summed E-state index contributed by atoms with van der Waals surface area (Å²) in [7, 11) is 1.64. The van der Waals surface area contributed by atoms with E-state index >= 15 is 4.39 Å². The molecule has 1 saturated carbocycles. The molecule has 2 heteroatoms. The SMILES string of the molecule is CCCCCCC[C@H]1CC[C@H](c2ccc3c(F)c(-c4ccc(OC)cc4)ccc3c2)CC1. The van der Waals surface area contributed by atoms with Crippen LogP contribution >= 0.6 is 0 Å². The van der Waals surface area contributed by atoms with E-state index in [0.29, 0.717) is 16.9 Å². The Labute approximate surface area is 193 Å². The molecule has 32 heavy (non-hydrogen) atoms. The van der Waals surface area contributed by atoms with Crippen molar-refractivity contribution in [2.75, 3.05) is 7.11 Å². The van der Waals surface area contributed by atoms with Crippen molar-refractivity contribution in [2.24, 2.45) is 5.92 Å². The highest BCUT2D eigenvalue weighted by Crippen LogP contribution is 2.39. The Kier molecular flexibility index (Phi) is 7.84. The van der Waals surface area contributed by atoms with Crippen LogP contribution in [0.5, 0.6) is 5.75 Å². The number of fused-ring (bicyclic) bond motifs is 1. The van der Waals surface area contributed by atoms with Crippen molar-refractivity contribution in [3.8, 4) is 16.9 Å². The normalized spacial score (nSPS) is 18.7. The first-order valence-electron chi connectivity index (χ1n) is 12.6. The van der Waals surface area contributed by atoms with Crippen LogP contribution in [0.3, 0.4) is 0 Å². The Morgan fingerprint density at radius 1 is 0.844 bits per heavy atom. The lowest BCUT2D eigenvalue weighted by atomic mass is 9.76. The minimum absolute atomic E-state index is 0.133. The van der Waals surface area contributed by atoms with Gasteiger partial charge in [0.25, 0.3) is 0 Å². The summed E-state index contributed by atoms with van der Waals surface area (Å²) in [5, 5.41) is 1.72. The minimum atomic E-state index is -0.133. The highest BCUT2D eigenvalue weighted by Gasteiger charge is 2.22. The molecule has 0 unspecified atom stereocenters. The molecule has 0 aliphatic heterocycles. The van der Waals surface area contributed by atoms with Crippen LogP contribution in [0.25, 0.3) is 21.9 Å². The lowest BCUT2D eigenvalue weighted by Crippen LogP contribution is -2.13. The number of rotatable bonds is 9. The standard InChI is InChI=1S/C30H37FO/c1-3-4-5-6-7-8-22-9-11-23(12-10-22)25-15-19-29-26(21-25)16-20-28(30(29)31)24-13-17-27(32-2)18-14-24/h13-23H,3-12H2,1-2H3/t22-,23-. The maximum atomic E-state index is 15.3. The second-order valence-corrected chi connectivity index (χ2v) is 9.56. The molecule has 1 aliphatic carbocycles. The first-order valence-corrected chi connectivity index (χ1v) is 12.6. The monoisotopic (exact) mass is 432 g/mol. The average Bonchev–Trinajstić information content (AvgIpc) is 2.84. The summed E-state index contributed by atoms with van der Waals surface area (Å²) in [6.07, 6.45) is 13.6. The van der Waals surface area contributed by atoms with Crippen molar-refractivity contribution in [2.45, 2.75) is 77.0 Å². The first kappa shape index (κ1) is 22.8. The zero-order valence-corrected chi connectivity index (χ0v) is 19.7. The number of hydrogen-bond acceptors (Lipinski definition) is 1. The Balaban J connectivity index is 1.41. The molecule has 0 bridgehead atoms. The molecule has 3 aromatic carbocycles. The number of unbranched alkanes of at least 4 members (excludes halogenated alkanes) is 4. The Hall–Kier alpha value is -2.35. The highest BCUT2D eigenvalue weighted by atomic mass is 19.1. The molecule has 0 heterocycles. The van der Waals surface area contributed by atoms with Gasteiger partial charge in [0.2, 0.25) is 0 Å². The van der Waals surface area contributed by atoms with Gasteiger partial charge in [-0.1, -0.05) is 87.9 Å². The van der Waals surface area contributed by atoms with Gasteiger partial charge in [-0.15, -0.1) is 0 Å². The molecular weight excluding hydrogens is 395 g/mol. The van der Waals surface area contributed by atoms with E-state index in [0.717, 1.165) is 22.6 Å². The van der Waals surface area contributed by atoms with Crippen LogP contribution in [-0.2, 0) is 0 Å². The van der Waals surface area contributed by atoms with Gasteiger partial charge in [0.15, 0.2) is 0 Å². The van der Waals surface area contributed by atoms with Crippen LogP contribution in [0.15, 0.2) is 54.6 Å². The van der Waals surface area contributed by atoms with Gasteiger partial charge < -0.3 is 4.74 Å². The van der Waals surface area contributed by atoms with Crippen molar-refractivity contribution in [3.63, 3.8) is 0 Å². The van der Waals surface area contributed by atoms with E-state index in [9.17, 15) is 0 Å². The van der Waals surface area contributed by atoms with Gasteiger partial charge in [-0.25, -0.2) is 4.39 Å². The van der Waals surface area contributed by atoms with E-state index in [-0.39, 0.29) is 5.82 Å². The maximum absolute atomic E-state index is 15.3. The maximum Gasteiger partial charge on any atom is 0.138 e. The molecule has 0 amide bonds. The van der Waals surface area contributed by atoms with E-state index < -0.39 is 0 Å². The molecule has 0 saturated heterocycles. The Morgan fingerprint density at radius 2 is 1.59 bits per heavy atom. The van der Waals surface area contributed by atoms with Crippen molar-refractivity contribution in [1.29, 1.82) is 0 Å². The molecule has 0 aromatic heterocycles. The molecular formula is C30H37FO. The number of methoxy groups -OCH3 is 1. The molecule has 4 rings (SSSR count). The van der Waals surface area contributed by atoms with Gasteiger partial charge in [0, 0.05) is 10.9 Å². The van der Waals surface area contributed by atoms with Crippen molar-refractivity contribution >= 4 is 10.8 Å². The van der Waals surface area contributed by atoms with Crippen LogP contribution in [0, 0.1) is 11.7 Å². The smallest absolute Gasteiger partial charge is 0.138 e. The van der Waals surface area contributed by atoms with Gasteiger partial charge >= 0.3 is 0 Å². The second-order valence-electron chi connectivity index (χ2n) is 9.56. The van der Waals surface area contributed by atoms with Gasteiger partial charge in [0.1, 0.15) is 11.6 Å². The third kappa shape index (κ3) is 5.34. The third-order valence-electron chi connectivity index (χ3n) is 7.41. The Morgan fingerprint density at radius 3 is 2.31 bits per heavy atom. The third-order valence-corrected chi connectivity index (χ3v) is 7.41. The van der Waals surface area contributed by atoms with Gasteiger partial charge in [-0.05, 0) is 66.2 Å². The summed E-state index contributed by atoms with van der Waals surface area (Å²) >= 11 is 0. The highest BCUT2D eigenvalue weighted by molar-refractivity contribution is 5.89. The predicted molar refractivity (Wildman–Crippen MR) is 134 cm³/mol. The van der Waals surface area contributed by atoms with E-state index in [1.165, 1.54) is 69.8 Å². The van der Waals surface area contributed by atoms with Crippen LogP contribution in [0.1, 0.15) is 82.6 Å². The quantitative estimate of drug-likeness (QED) is 0.306. The molecule has 3 aromatic rings. The topological polar surface area (TPSA) is 9.23 Å². The van der Waals surface area contributed by atoms with E-state index in [1.54, 1.807) is 7.11 Å². The number of benzene rings is 3. The largest absolute Gasteiger partial charge is 0.497 e. The summed E-state index contributed by atoms with van der Waals surface area (Å²) in [5.41, 5.74) is 2.91. The number of ether oxygens (including phenoxy) is 1. The van der Waals surface area contributed by atoms with Crippen LogP contribution in [0.2, 0.25) is 0 Å². The number of hydrogen-bond donors (Lipinski definition) is 0. The molecule has 1 nitrogen and oxygen atoms in total. The Bertz CT molecular complexity index is 999. The lowest BCUT2D eigenvalue weighted by molar-refractivity contribution is 0.302. The summed E-state index contributed by atoms with van der Waals surface area (Å²) in [5.74, 6) is 2.19. The van der Waals surface area contributed by atoms with Crippen molar-refractivity contribution in [1.82, 2.24) is 0 Å². The fraction of sp³-hybridized carbons (Fsp3) is 0.467. The molecule has 0 spiro atoms. The van der Waals surface area contributed by atoms with Crippen LogP contribution in [0.4, 0.5) is 4.39 Å². The molecule has 170 valence electrons. The van der Waals surface area contributed by atoms with Crippen molar-refractivity contribution in [3.05, 3.63) is 66.0 Å². The summed E-state index contributed by atoms with van der Waals surface area (Å²) in [6.45, 7) is 2.28. The van der Waals surface area contributed by atoms with Gasteiger partial charge in [-0.3, -0.25) is 0 Å². The zero-order chi connectivity index (χ0) is 22.3. The average molecular weight is 433 g/mol. The molecule has 0 radical (unpaired) electrons. The number of halogens is 1.